The van der Waals surface area contributed by atoms with Crippen LogP contribution in [0.2, 0.25) is 0 Å². The molecule has 7 rings (SSSR count). The molecular weight excluding hydrogens is 350 g/mol. The number of benzene rings is 1. The van der Waals surface area contributed by atoms with Crippen molar-refractivity contribution >= 4 is 28.8 Å². The highest BCUT2D eigenvalue weighted by Gasteiger charge is 2.51. The van der Waals surface area contributed by atoms with E-state index >= 15 is 0 Å². The second-order valence-corrected chi connectivity index (χ2v) is 9.39. The molecule has 28 heavy (non-hydrogen) atoms. The van der Waals surface area contributed by atoms with Gasteiger partial charge in [0.15, 0.2) is 0 Å². The zero-order valence-electron chi connectivity index (χ0n) is 16.1. The molecule has 4 saturated carbocycles. The molecule has 5 aliphatic rings. The summed E-state index contributed by atoms with van der Waals surface area (Å²) in [4.78, 5) is 17.1. The van der Waals surface area contributed by atoms with Crippen LogP contribution < -0.4 is 10.6 Å². The van der Waals surface area contributed by atoms with Crippen LogP contribution in [-0.2, 0) is 11.8 Å². The Kier molecular flexibility index (Phi) is 3.32. The predicted octanol–water partition coefficient (Wildman–Crippen LogP) is 2.96. The summed E-state index contributed by atoms with van der Waals surface area (Å²) in [6.07, 6.45) is 11.7. The van der Waals surface area contributed by atoms with Crippen LogP contribution in [0.4, 0.5) is 0 Å². The standard InChI is InChI=1S/C22H25N5O/c1-27-12-17-7-13(2-3-18(17)26-27)8-19-20(28)24-21(23-19)25-22-9-14-4-15(10-22)6-16(5-14)11-22/h2-3,7-8,12,14-16H,4-6,9-11H2,1H3,(H2,23,24,25,28)/b19-8-. The second kappa shape index (κ2) is 5.69. The third kappa shape index (κ3) is 2.65. The molecule has 1 amide bonds. The Bertz CT molecular complexity index is 1010. The van der Waals surface area contributed by atoms with Gasteiger partial charge < -0.3 is 5.32 Å². The van der Waals surface area contributed by atoms with Gasteiger partial charge in [0.2, 0.25) is 5.96 Å². The fraction of sp³-hybridized carbons (Fsp3) is 0.500. The molecule has 0 atom stereocenters. The number of nitrogens with zero attached hydrogens (tertiary/aromatic N) is 3. The first-order chi connectivity index (χ1) is 13.5. The number of hydrogen-bond acceptors (Lipinski definition) is 4. The zero-order chi connectivity index (χ0) is 18.9. The van der Waals surface area contributed by atoms with E-state index in [1.807, 2.05) is 37.5 Å². The van der Waals surface area contributed by atoms with E-state index in [4.69, 9.17) is 0 Å². The number of fused-ring (bicyclic) bond motifs is 1. The molecule has 1 aromatic carbocycles. The molecule has 0 unspecified atom stereocenters. The van der Waals surface area contributed by atoms with Crippen LogP contribution in [0.15, 0.2) is 35.1 Å². The van der Waals surface area contributed by atoms with Gasteiger partial charge in [-0.2, -0.15) is 5.10 Å². The molecule has 144 valence electrons. The highest BCUT2D eigenvalue weighted by Crippen LogP contribution is 2.55. The number of guanidine groups is 1. The summed E-state index contributed by atoms with van der Waals surface area (Å²) in [5.74, 6) is 3.09. The van der Waals surface area contributed by atoms with Gasteiger partial charge in [0.05, 0.1) is 5.52 Å². The summed E-state index contributed by atoms with van der Waals surface area (Å²) >= 11 is 0. The third-order valence-corrected chi connectivity index (χ3v) is 7.06. The molecule has 6 heteroatoms. The minimum Gasteiger partial charge on any atom is -0.350 e. The van der Waals surface area contributed by atoms with Crippen molar-refractivity contribution in [3.63, 3.8) is 0 Å². The van der Waals surface area contributed by atoms with Crippen LogP contribution >= 0.6 is 0 Å². The summed E-state index contributed by atoms with van der Waals surface area (Å²) in [6.45, 7) is 0. The Morgan fingerprint density at radius 2 is 1.89 bits per heavy atom. The van der Waals surface area contributed by atoms with Crippen LogP contribution in [0.1, 0.15) is 44.1 Å². The topological polar surface area (TPSA) is 71.3 Å². The first-order valence-electron chi connectivity index (χ1n) is 10.4. The minimum absolute atomic E-state index is 0.126. The lowest BCUT2D eigenvalue weighted by atomic mass is 9.53. The van der Waals surface area contributed by atoms with Crippen molar-refractivity contribution in [2.24, 2.45) is 29.8 Å². The number of nitrogens with one attached hydrogen (secondary N) is 2. The SMILES string of the molecule is Cn1cc2cc(/C=C3\N=C(NC45CC6CC(CC(C6)C4)C5)NC3=O)ccc2n1. The van der Waals surface area contributed by atoms with E-state index in [2.05, 4.69) is 20.7 Å². The Morgan fingerprint density at radius 3 is 2.61 bits per heavy atom. The average Bonchev–Trinajstić information content (AvgIpc) is 3.14. The summed E-state index contributed by atoms with van der Waals surface area (Å²) in [5.41, 5.74) is 2.53. The summed E-state index contributed by atoms with van der Waals surface area (Å²) in [6, 6.07) is 6.01. The Balaban J connectivity index is 1.26. The maximum Gasteiger partial charge on any atom is 0.276 e. The lowest BCUT2D eigenvalue weighted by Crippen LogP contribution is -2.61. The number of rotatable bonds is 2. The average molecular weight is 375 g/mol. The highest BCUT2D eigenvalue weighted by molar-refractivity contribution is 6.14. The predicted molar refractivity (Wildman–Crippen MR) is 108 cm³/mol. The number of carbonyl (C=O) groups is 1. The fourth-order valence-electron chi connectivity index (χ4n) is 6.46. The molecule has 4 bridgehead atoms. The largest absolute Gasteiger partial charge is 0.350 e. The number of aryl methyl sites for hydroxylation is 1. The fourth-order valence-corrected chi connectivity index (χ4v) is 6.46. The molecular formula is C22H25N5O. The smallest absolute Gasteiger partial charge is 0.276 e. The van der Waals surface area contributed by atoms with Crippen molar-refractivity contribution in [1.29, 1.82) is 0 Å². The minimum atomic E-state index is -0.126. The number of hydrogen-bond donors (Lipinski definition) is 2. The van der Waals surface area contributed by atoms with Crippen LogP contribution in [0.25, 0.3) is 17.0 Å². The van der Waals surface area contributed by atoms with Gasteiger partial charge in [-0.25, -0.2) is 4.99 Å². The van der Waals surface area contributed by atoms with E-state index in [0.29, 0.717) is 11.7 Å². The van der Waals surface area contributed by atoms with E-state index < -0.39 is 0 Å². The van der Waals surface area contributed by atoms with Crippen molar-refractivity contribution < 1.29 is 4.79 Å². The first kappa shape index (κ1) is 16.3. The molecule has 0 spiro atoms. The van der Waals surface area contributed by atoms with Gasteiger partial charge in [-0.3, -0.25) is 14.8 Å². The van der Waals surface area contributed by atoms with E-state index in [0.717, 1.165) is 34.2 Å². The molecule has 0 saturated heterocycles. The van der Waals surface area contributed by atoms with Gasteiger partial charge in [0.1, 0.15) is 5.70 Å². The van der Waals surface area contributed by atoms with E-state index in [1.54, 1.807) is 4.68 Å². The first-order valence-corrected chi connectivity index (χ1v) is 10.4. The quantitative estimate of drug-likeness (QED) is 0.793. The number of aliphatic imine (C=N–C) groups is 1. The lowest BCUT2D eigenvalue weighted by molar-refractivity contribution is -0.115. The van der Waals surface area contributed by atoms with Crippen molar-refractivity contribution in [1.82, 2.24) is 20.4 Å². The van der Waals surface area contributed by atoms with E-state index in [1.165, 1.54) is 38.5 Å². The molecule has 4 fully saturated rings. The van der Waals surface area contributed by atoms with Crippen molar-refractivity contribution in [2.45, 2.75) is 44.1 Å². The molecule has 2 aromatic rings. The summed E-state index contributed by atoms with van der Waals surface area (Å²) in [5, 5.41) is 12.1. The maximum atomic E-state index is 12.5. The van der Waals surface area contributed by atoms with Crippen molar-refractivity contribution in [3.8, 4) is 0 Å². The van der Waals surface area contributed by atoms with Gasteiger partial charge in [0.25, 0.3) is 5.91 Å². The van der Waals surface area contributed by atoms with Crippen LogP contribution in [0, 0.1) is 17.8 Å². The number of amides is 1. The van der Waals surface area contributed by atoms with Crippen LogP contribution in [-0.4, -0.2) is 27.2 Å². The molecule has 2 heterocycles. The van der Waals surface area contributed by atoms with E-state index in [-0.39, 0.29) is 11.4 Å². The molecule has 1 aromatic heterocycles. The van der Waals surface area contributed by atoms with Gasteiger partial charge in [0, 0.05) is 24.2 Å². The number of aromatic nitrogens is 2. The van der Waals surface area contributed by atoms with Gasteiger partial charge in [-0.1, -0.05) is 6.07 Å². The molecule has 0 radical (unpaired) electrons. The van der Waals surface area contributed by atoms with Crippen LogP contribution in [0.5, 0.6) is 0 Å². The van der Waals surface area contributed by atoms with E-state index in [9.17, 15) is 4.79 Å². The van der Waals surface area contributed by atoms with Gasteiger partial charge in [-0.05, 0) is 80.1 Å². The normalized spacial score (nSPS) is 34.9. The zero-order valence-corrected chi connectivity index (χ0v) is 16.1. The highest BCUT2D eigenvalue weighted by atomic mass is 16.2. The van der Waals surface area contributed by atoms with Gasteiger partial charge in [-0.15, -0.1) is 0 Å². The summed E-state index contributed by atoms with van der Waals surface area (Å²) < 4.78 is 1.80. The van der Waals surface area contributed by atoms with Gasteiger partial charge >= 0.3 is 0 Å². The second-order valence-electron chi connectivity index (χ2n) is 9.39. The monoisotopic (exact) mass is 375 g/mol. The Labute approximate surface area is 164 Å². The Morgan fingerprint density at radius 1 is 1.18 bits per heavy atom. The lowest BCUT2D eigenvalue weighted by Gasteiger charge is -2.57. The maximum absolute atomic E-state index is 12.5. The van der Waals surface area contributed by atoms with Crippen molar-refractivity contribution in [3.05, 3.63) is 35.7 Å². The number of carbonyl (C=O) groups excluding carboxylic acids is 1. The van der Waals surface area contributed by atoms with Crippen LogP contribution in [0.3, 0.4) is 0 Å². The van der Waals surface area contributed by atoms with Crippen molar-refractivity contribution in [2.75, 3.05) is 0 Å². The summed E-state index contributed by atoms with van der Waals surface area (Å²) in [7, 11) is 1.91. The Hall–Kier alpha value is -2.63. The molecule has 6 nitrogen and oxygen atoms in total. The third-order valence-electron chi connectivity index (χ3n) is 7.06. The molecule has 1 aliphatic heterocycles. The molecule has 2 N–H and O–H groups in total. The molecule has 4 aliphatic carbocycles.